The summed E-state index contributed by atoms with van der Waals surface area (Å²) in [5, 5.41) is 2.88. The van der Waals surface area contributed by atoms with E-state index in [2.05, 4.69) is 11.9 Å². The number of hydrogen-bond donors (Lipinski definition) is 2. The summed E-state index contributed by atoms with van der Waals surface area (Å²) >= 11 is 0. The zero-order valence-corrected chi connectivity index (χ0v) is 10.0. The minimum absolute atomic E-state index is 0.352. The Bertz CT molecular complexity index is 326. The van der Waals surface area contributed by atoms with Crippen molar-refractivity contribution in [1.29, 1.82) is 0 Å². The lowest BCUT2D eigenvalue weighted by Gasteiger charge is -2.34. The molecular weight excluding hydrogens is 212 g/mol. The Balaban J connectivity index is 2.91. The van der Waals surface area contributed by atoms with E-state index < -0.39 is 15.4 Å². The summed E-state index contributed by atoms with van der Waals surface area (Å²) < 4.78 is 23.3. The molecule has 5 heteroatoms. The molecule has 1 rings (SSSR count). The standard InChI is InChI=1S/C10H20N2O2S/c1-3-7-12-10(8-11)6-4-5-9(10)15(2,13)14/h3,9,12H,1,4-8,11H2,2H3. The zero-order chi connectivity index (χ0) is 11.5. The molecule has 1 fully saturated rings. The Kier molecular flexibility index (Phi) is 3.92. The summed E-state index contributed by atoms with van der Waals surface area (Å²) in [5.74, 6) is 0. The van der Waals surface area contributed by atoms with Crippen molar-refractivity contribution in [2.75, 3.05) is 19.3 Å². The van der Waals surface area contributed by atoms with Gasteiger partial charge in [0, 0.05) is 24.9 Å². The van der Waals surface area contributed by atoms with Gasteiger partial charge in [-0.1, -0.05) is 12.5 Å². The topological polar surface area (TPSA) is 72.2 Å². The monoisotopic (exact) mass is 232 g/mol. The van der Waals surface area contributed by atoms with Gasteiger partial charge >= 0.3 is 0 Å². The molecule has 1 aliphatic carbocycles. The van der Waals surface area contributed by atoms with Gasteiger partial charge in [0.2, 0.25) is 0 Å². The first-order chi connectivity index (χ1) is 6.96. The van der Waals surface area contributed by atoms with Gasteiger partial charge < -0.3 is 11.1 Å². The number of rotatable bonds is 5. The van der Waals surface area contributed by atoms with Crippen LogP contribution in [-0.2, 0) is 9.84 Å². The molecule has 0 amide bonds. The van der Waals surface area contributed by atoms with E-state index in [0.717, 1.165) is 12.8 Å². The number of sulfone groups is 1. The Labute approximate surface area is 91.8 Å². The first-order valence-corrected chi connectivity index (χ1v) is 7.16. The van der Waals surface area contributed by atoms with E-state index in [0.29, 0.717) is 19.5 Å². The largest absolute Gasteiger partial charge is 0.329 e. The van der Waals surface area contributed by atoms with Crippen molar-refractivity contribution >= 4 is 9.84 Å². The van der Waals surface area contributed by atoms with Crippen molar-refractivity contribution in [3.05, 3.63) is 12.7 Å². The zero-order valence-electron chi connectivity index (χ0n) is 9.20. The van der Waals surface area contributed by atoms with Crippen LogP contribution in [0.2, 0.25) is 0 Å². The highest BCUT2D eigenvalue weighted by Crippen LogP contribution is 2.33. The van der Waals surface area contributed by atoms with Crippen LogP contribution in [0.4, 0.5) is 0 Å². The molecule has 3 N–H and O–H groups in total. The first-order valence-electron chi connectivity index (χ1n) is 5.21. The highest BCUT2D eigenvalue weighted by atomic mass is 32.2. The maximum absolute atomic E-state index is 11.6. The number of nitrogens with two attached hydrogens (primary N) is 1. The van der Waals surface area contributed by atoms with E-state index in [1.807, 2.05) is 0 Å². The fourth-order valence-electron chi connectivity index (χ4n) is 2.45. The van der Waals surface area contributed by atoms with Gasteiger partial charge in [-0.05, 0) is 12.8 Å². The molecule has 88 valence electrons. The van der Waals surface area contributed by atoms with Gasteiger partial charge in [-0.3, -0.25) is 0 Å². The lowest BCUT2D eigenvalue weighted by atomic mass is 9.97. The summed E-state index contributed by atoms with van der Waals surface area (Å²) in [6.45, 7) is 4.58. The Morgan fingerprint density at radius 3 is 2.80 bits per heavy atom. The lowest BCUT2D eigenvalue weighted by Crippen LogP contribution is -2.58. The van der Waals surface area contributed by atoms with Gasteiger partial charge in [0.1, 0.15) is 0 Å². The highest BCUT2D eigenvalue weighted by Gasteiger charge is 2.46. The fourth-order valence-corrected chi connectivity index (χ4v) is 4.16. The van der Waals surface area contributed by atoms with E-state index in [-0.39, 0.29) is 5.25 Å². The smallest absolute Gasteiger partial charge is 0.152 e. The molecule has 0 aliphatic heterocycles. The summed E-state index contributed by atoms with van der Waals surface area (Å²) in [6.07, 6.45) is 5.48. The Morgan fingerprint density at radius 2 is 2.33 bits per heavy atom. The van der Waals surface area contributed by atoms with Gasteiger partial charge in [-0.25, -0.2) is 8.42 Å². The molecule has 0 heterocycles. The van der Waals surface area contributed by atoms with Crippen molar-refractivity contribution < 1.29 is 8.42 Å². The Hall–Kier alpha value is -0.390. The minimum Gasteiger partial charge on any atom is -0.329 e. The lowest BCUT2D eigenvalue weighted by molar-refractivity contribution is 0.355. The van der Waals surface area contributed by atoms with Gasteiger partial charge in [0.15, 0.2) is 9.84 Å². The highest BCUT2D eigenvalue weighted by molar-refractivity contribution is 7.91. The molecule has 0 bridgehead atoms. The second-order valence-corrected chi connectivity index (χ2v) is 6.47. The molecule has 0 spiro atoms. The van der Waals surface area contributed by atoms with Crippen molar-refractivity contribution in [3.8, 4) is 0 Å². The third-order valence-electron chi connectivity index (χ3n) is 3.19. The third kappa shape index (κ3) is 2.59. The van der Waals surface area contributed by atoms with Gasteiger partial charge in [0.25, 0.3) is 0 Å². The summed E-state index contributed by atoms with van der Waals surface area (Å²) in [4.78, 5) is 0. The predicted molar refractivity (Wildman–Crippen MR) is 62.5 cm³/mol. The van der Waals surface area contributed by atoms with E-state index >= 15 is 0 Å². The predicted octanol–water partition coefficient (Wildman–Crippen LogP) is 0.0566. The van der Waals surface area contributed by atoms with Crippen LogP contribution in [0.3, 0.4) is 0 Å². The third-order valence-corrected chi connectivity index (χ3v) is 4.91. The van der Waals surface area contributed by atoms with Crippen molar-refractivity contribution in [1.82, 2.24) is 5.32 Å². The van der Waals surface area contributed by atoms with E-state index in [9.17, 15) is 8.42 Å². The molecule has 0 aromatic rings. The summed E-state index contributed by atoms with van der Waals surface area (Å²) in [7, 11) is -3.03. The second kappa shape index (κ2) is 4.63. The van der Waals surface area contributed by atoms with Crippen LogP contribution in [0.25, 0.3) is 0 Å². The molecule has 15 heavy (non-hydrogen) atoms. The molecule has 4 nitrogen and oxygen atoms in total. The molecular formula is C10H20N2O2S. The molecule has 0 saturated heterocycles. The van der Waals surface area contributed by atoms with E-state index in [1.165, 1.54) is 6.26 Å². The quantitative estimate of drug-likeness (QED) is 0.657. The number of hydrogen-bond acceptors (Lipinski definition) is 4. The minimum atomic E-state index is -3.03. The van der Waals surface area contributed by atoms with Crippen molar-refractivity contribution in [2.45, 2.75) is 30.1 Å². The molecule has 0 aromatic heterocycles. The van der Waals surface area contributed by atoms with Crippen LogP contribution in [0, 0.1) is 0 Å². The second-order valence-electron chi connectivity index (χ2n) is 4.24. The average Bonchev–Trinajstić information content (AvgIpc) is 2.58. The molecule has 0 aromatic carbocycles. The molecule has 1 aliphatic rings. The van der Waals surface area contributed by atoms with E-state index in [1.54, 1.807) is 6.08 Å². The molecule has 2 unspecified atom stereocenters. The SMILES string of the molecule is C=CCNC1(CN)CCCC1S(C)(=O)=O. The van der Waals surface area contributed by atoms with Crippen LogP contribution in [0.15, 0.2) is 12.7 Å². The van der Waals surface area contributed by atoms with Crippen molar-refractivity contribution in [3.63, 3.8) is 0 Å². The number of nitrogens with one attached hydrogen (secondary N) is 1. The fraction of sp³-hybridized carbons (Fsp3) is 0.800. The molecule has 0 radical (unpaired) electrons. The summed E-state index contributed by atoms with van der Waals surface area (Å²) in [5.41, 5.74) is 5.29. The Morgan fingerprint density at radius 1 is 1.67 bits per heavy atom. The maximum Gasteiger partial charge on any atom is 0.152 e. The first kappa shape index (κ1) is 12.7. The van der Waals surface area contributed by atoms with Crippen LogP contribution < -0.4 is 11.1 Å². The average molecular weight is 232 g/mol. The van der Waals surface area contributed by atoms with Crippen LogP contribution in [0.1, 0.15) is 19.3 Å². The molecule has 1 saturated carbocycles. The van der Waals surface area contributed by atoms with Crippen molar-refractivity contribution in [2.24, 2.45) is 5.73 Å². The van der Waals surface area contributed by atoms with Crippen LogP contribution >= 0.6 is 0 Å². The van der Waals surface area contributed by atoms with E-state index in [4.69, 9.17) is 5.73 Å². The normalized spacial score (nSPS) is 31.7. The molecule has 2 atom stereocenters. The van der Waals surface area contributed by atoms with Crippen LogP contribution in [0.5, 0.6) is 0 Å². The summed E-state index contributed by atoms with van der Waals surface area (Å²) in [6, 6.07) is 0. The van der Waals surface area contributed by atoms with Gasteiger partial charge in [0.05, 0.1) is 5.25 Å². The van der Waals surface area contributed by atoms with Gasteiger partial charge in [-0.2, -0.15) is 0 Å². The maximum atomic E-state index is 11.6. The van der Waals surface area contributed by atoms with Crippen LogP contribution in [-0.4, -0.2) is 38.6 Å². The van der Waals surface area contributed by atoms with Gasteiger partial charge in [-0.15, -0.1) is 6.58 Å².